The smallest absolute Gasteiger partial charge is 0.327 e. The van der Waals surface area contributed by atoms with E-state index >= 15 is 0 Å². The summed E-state index contributed by atoms with van der Waals surface area (Å²) in [6.45, 7) is 7.34. The third-order valence-corrected chi connectivity index (χ3v) is 4.05. The van der Waals surface area contributed by atoms with Crippen LogP contribution in [0.2, 0.25) is 0 Å². The number of hydrogen-bond acceptors (Lipinski definition) is 6. The van der Waals surface area contributed by atoms with Crippen LogP contribution in [0.25, 0.3) is 0 Å². The van der Waals surface area contributed by atoms with Crippen LogP contribution in [0.3, 0.4) is 0 Å². The Hall–Kier alpha value is -1.15. The van der Waals surface area contributed by atoms with Crippen molar-refractivity contribution in [2.24, 2.45) is 0 Å². The van der Waals surface area contributed by atoms with E-state index in [0.717, 1.165) is 5.82 Å². The lowest BCUT2D eigenvalue weighted by molar-refractivity contribution is -0.140. The zero-order valence-corrected chi connectivity index (χ0v) is 12.9. The Kier molecular flexibility index (Phi) is 5.30. The second-order valence-electron chi connectivity index (χ2n) is 5.04. The summed E-state index contributed by atoms with van der Waals surface area (Å²) in [6, 6.07) is -0.913. The van der Waals surface area contributed by atoms with Crippen molar-refractivity contribution in [3.63, 3.8) is 0 Å². The van der Waals surface area contributed by atoms with Crippen molar-refractivity contribution < 1.29 is 14.7 Å². The first-order valence-electron chi connectivity index (χ1n) is 5.67. The molecule has 0 radical (unpaired) electrons. The SMILES string of the molecule is CC(=O)N[C@@H](CSc1nc(C(C)(C)C)ns1)C(=O)O. The van der Waals surface area contributed by atoms with Gasteiger partial charge in [0.2, 0.25) is 5.91 Å². The molecule has 0 unspecified atom stereocenters. The molecule has 1 aromatic rings. The van der Waals surface area contributed by atoms with Crippen LogP contribution in [0, 0.1) is 0 Å². The van der Waals surface area contributed by atoms with Crippen molar-refractivity contribution in [3.8, 4) is 0 Å². The molecule has 1 atom stereocenters. The molecule has 0 bridgehead atoms. The number of carbonyl (C=O) groups is 2. The molecule has 106 valence electrons. The molecule has 0 saturated heterocycles. The number of nitrogens with one attached hydrogen (secondary N) is 1. The molecule has 0 aliphatic heterocycles. The number of aliphatic carboxylic acids is 1. The largest absolute Gasteiger partial charge is 0.480 e. The second-order valence-corrected chi connectivity index (χ2v) is 7.06. The summed E-state index contributed by atoms with van der Waals surface area (Å²) in [5.74, 6) is -0.441. The maximum absolute atomic E-state index is 11.0. The summed E-state index contributed by atoms with van der Waals surface area (Å²) in [5.41, 5.74) is -0.126. The van der Waals surface area contributed by atoms with Crippen molar-refractivity contribution in [1.29, 1.82) is 0 Å². The summed E-state index contributed by atoms with van der Waals surface area (Å²) >= 11 is 2.53. The van der Waals surface area contributed by atoms with Gasteiger partial charge in [-0.2, -0.15) is 4.37 Å². The molecular formula is C11H17N3O3S2. The Morgan fingerprint density at radius 1 is 1.47 bits per heavy atom. The molecule has 1 rings (SSSR count). The average molecular weight is 303 g/mol. The number of carboxylic acid groups (broad SMARTS) is 1. The van der Waals surface area contributed by atoms with Crippen LogP contribution in [0.5, 0.6) is 0 Å². The maximum atomic E-state index is 11.0. The summed E-state index contributed by atoms with van der Waals surface area (Å²) in [7, 11) is 0. The molecule has 1 heterocycles. The minimum atomic E-state index is -1.05. The van der Waals surface area contributed by atoms with E-state index in [4.69, 9.17) is 5.11 Å². The Morgan fingerprint density at radius 3 is 2.53 bits per heavy atom. The quantitative estimate of drug-likeness (QED) is 0.801. The Labute approximate surface area is 120 Å². The van der Waals surface area contributed by atoms with Crippen LogP contribution in [-0.2, 0) is 15.0 Å². The minimum Gasteiger partial charge on any atom is -0.480 e. The number of aromatic nitrogens is 2. The van der Waals surface area contributed by atoms with Gasteiger partial charge in [0.05, 0.1) is 0 Å². The predicted molar refractivity (Wildman–Crippen MR) is 74.6 cm³/mol. The van der Waals surface area contributed by atoms with Crippen LogP contribution in [-0.4, -0.2) is 38.1 Å². The van der Waals surface area contributed by atoms with Crippen molar-refractivity contribution in [3.05, 3.63) is 5.82 Å². The Morgan fingerprint density at radius 2 is 2.11 bits per heavy atom. The van der Waals surface area contributed by atoms with E-state index in [0.29, 0.717) is 4.34 Å². The number of rotatable bonds is 5. The van der Waals surface area contributed by atoms with Gasteiger partial charge in [0.25, 0.3) is 0 Å². The van der Waals surface area contributed by atoms with Crippen LogP contribution in [0.1, 0.15) is 33.5 Å². The topological polar surface area (TPSA) is 92.2 Å². The molecule has 8 heteroatoms. The van der Waals surface area contributed by atoms with Crippen LogP contribution >= 0.6 is 23.3 Å². The molecule has 2 N–H and O–H groups in total. The molecule has 0 aliphatic rings. The Balaban J connectivity index is 2.62. The van der Waals surface area contributed by atoms with E-state index in [2.05, 4.69) is 14.7 Å². The van der Waals surface area contributed by atoms with Crippen LogP contribution in [0.15, 0.2) is 4.34 Å². The highest BCUT2D eigenvalue weighted by atomic mass is 32.2. The van der Waals surface area contributed by atoms with Crippen molar-refractivity contribution >= 4 is 35.2 Å². The van der Waals surface area contributed by atoms with E-state index < -0.39 is 12.0 Å². The highest BCUT2D eigenvalue weighted by Gasteiger charge is 2.22. The zero-order valence-electron chi connectivity index (χ0n) is 11.3. The van der Waals surface area contributed by atoms with Gasteiger partial charge in [-0.25, -0.2) is 9.78 Å². The van der Waals surface area contributed by atoms with Crippen LogP contribution in [0.4, 0.5) is 0 Å². The highest BCUT2D eigenvalue weighted by molar-refractivity contribution is 8.01. The third-order valence-electron chi connectivity index (χ3n) is 2.13. The highest BCUT2D eigenvalue weighted by Crippen LogP contribution is 2.26. The number of thioether (sulfide) groups is 1. The molecule has 0 aromatic carbocycles. The third kappa shape index (κ3) is 5.15. The maximum Gasteiger partial charge on any atom is 0.327 e. The number of amides is 1. The van der Waals surface area contributed by atoms with Gasteiger partial charge in [-0.15, -0.1) is 0 Å². The number of carboxylic acids is 1. The van der Waals surface area contributed by atoms with E-state index in [-0.39, 0.29) is 17.1 Å². The van der Waals surface area contributed by atoms with Gasteiger partial charge in [-0.3, -0.25) is 4.79 Å². The first-order chi connectivity index (χ1) is 8.70. The zero-order chi connectivity index (χ0) is 14.6. The lowest BCUT2D eigenvalue weighted by Gasteiger charge is -2.12. The van der Waals surface area contributed by atoms with Crippen LogP contribution < -0.4 is 5.32 Å². The van der Waals surface area contributed by atoms with Gasteiger partial charge in [-0.05, 0) is 11.5 Å². The fourth-order valence-electron chi connectivity index (χ4n) is 1.15. The Bertz CT molecular complexity index is 468. The first-order valence-corrected chi connectivity index (χ1v) is 7.43. The summed E-state index contributed by atoms with van der Waals surface area (Å²) in [5, 5.41) is 11.4. The van der Waals surface area contributed by atoms with Crippen molar-refractivity contribution in [2.45, 2.75) is 43.5 Å². The standard InChI is InChI=1S/C11H17N3O3S2/c1-6(15)12-7(8(16)17)5-18-10-13-9(14-19-10)11(2,3)4/h7H,5H2,1-4H3,(H,12,15)(H,16,17)/t7-/m0/s1. The number of hydrogen-bond donors (Lipinski definition) is 2. The number of nitrogens with zero attached hydrogens (tertiary/aromatic N) is 2. The van der Waals surface area contributed by atoms with Gasteiger partial charge >= 0.3 is 5.97 Å². The van der Waals surface area contributed by atoms with E-state index in [1.807, 2.05) is 20.8 Å². The molecule has 0 fully saturated rings. The average Bonchev–Trinajstić information content (AvgIpc) is 2.71. The lowest BCUT2D eigenvalue weighted by Crippen LogP contribution is -2.41. The van der Waals surface area contributed by atoms with Gasteiger partial charge in [0, 0.05) is 18.1 Å². The molecule has 1 amide bonds. The second kappa shape index (κ2) is 6.33. The van der Waals surface area contributed by atoms with Gasteiger partial charge in [0.1, 0.15) is 11.9 Å². The monoisotopic (exact) mass is 303 g/mol. The molecular weight excluding hydrogens is 286 g/mol. The first kappa shape index (κ1) is 15.9. The van der Waals surface area contributed by atoms with E-state index in [1.54, 1.807) is 0 Å². The van der Waals surface area contributed by atoms with Gasteiger partial charge < -0.3 is 10.4 Å². The molecule has 0 aliphatic carbocycles. The molecule has 1 aromatic heterocycles. The molecule has 6 nitrogen and oxygen atoms in total. The predicted octanol–water partition coefficient (Wildman–Crippen LogP) is 1.52. The molecule has 0 spiro atoms. The van der Waals surface area contributed by atoms with Gasteiger partial charge in [-0.1, -0.05) is 32.5 Å². The molecule has 0 saturated carbocycles. The van der Waals surface area contributed by atoms with E-state index in [9.17, 15) is 9.59 Å². The van der Waals surface area contributed by atoms with Crippen molar-refractivity contribution in [2.75, 3.05) is 5.75 Å². The van der Waals surface area contributed by atoms with E-state index in [1.165, 1.54) is 30.2 Å². The number of carbonyl (C=O) groups excluding carboxylic acids is 1. The minimum absolute atomic E-state index is 0.126. The normalized spacial score (nSPS) is 13.1. The van der Waals surface area contributed by atoms with Gasteiger partial charge in [0.15, 0.2) is 4.34 Å². The van der Waals surface area contributed by atoms with Crippen molar-refractivity contribution in [1.82, 2.24) is 14.7 Å². The lowest BCUT2D eigenvalue weighted by atomic mass is 9.96. The summed E-state index contributed by atoms with van der Waals surface area (Å²) < 4.78 is 4.96. The fraction of sp³-hybridized carbons (Fsp3) is 0.636. The molecule has 19 heavy (non-hydrogen) atoms. The fourth-order valence-corrected chi connectivity index (χ4v) is 2.97. The summed E-state index contributed by atoms with van der Waals surface area (Å²) in [4.78, 5) is 26.2. The summed E-state index contributed by atoms with van der Waals surface area (Å²) in [6.07, 6.45) is 0.